The fourth-order valence-corrected chi connectivity index (χ4v) is 1.80. The number of esters is 1. The molecule has 1 aromatic carbocycles. The zero-order valence-electron chi connectivity index (χ0n) is 8.42. The van der Waals surface area contributed by atoms with Gasteiger partial charge < -0.3 is 10.1 Å². The molecule has 1 heterocycles. The standard InChI is InChI=1S/C11H12FNO2/c1-15-11(14)9-6-5-7-3-2-4-8(12)10(7)13-9/h2-4,9,13H,5-6H2,1H3. The van der Waals surface area contributed by atoms with Gasteiger partial charge in [-0.15, -0.1) is 0 Å². The maximum absolute atomic E-state index is 13.4. The maximum atomic E-state index is 13.4. The van der Waals surface area contributed by atoms with E-state index in [1.54, 1.807) is 6.07 Å². The van der Waals surface area contributed by atoms with Crippen molar-refractivity contribution in [1.29, 1.82) is 0 Å². The van der Waals surface area contributed by atoms with Gasteiger partial charge in [-0.25, -0.2) is 9.18 Å². The van der Waals surface area contributed by atoms with Crippen LogP contribution < -0.4 is 5.32 Å². The van der Waals surface area contributed by atoms with Gasteiger partial charge in [0.1, 0.15) is 11.9 Å². The number of benzene rings is 1. The molecule has 1 aliphatic rings. The van der Waals surface area contributed by atoms with Gasteiger partial charge >= 0.3 is 5.97 Å². The van der Waals surface area contributed by atoms with Gasteiger partial charge in [-0.05, 0) is 24.5 Å². The highest BCUT2D eigenvalue weighted by Crippen LogP contribution is 2.27. The van der Waals surface area contributed by atoms with Gasteiger partial charge in [0.05, 0.1) is 12.8 Å². The minimum Gasteiger partial charge on any atom is -0.467 e. The highest BCUT2D eigenvalue weighted by atomic mass is 19.1. The van der Waals surface area contributed by atoms with E-state index in [-0.39, 0.29) is 11.8 Å². The average molecular weight is 209 g/mol. The van der Waals surface area contributed by atoms with Crippen molar-refractivity contribution in [2.75, 3.05) is 12.4 Å². The smallest absolute Gasteiger partial charge is 0.328 e. The Morgan fingerprint density at radius 1 is 1.60 bits per heavy atom. The first kappa shape index (κ1) is 9.96. The molecule has 0 saturated carbocycles. The van der Waals surface area contributed by atoms with Crippen molar-refractivity contribution in [3.63, 3.8) is 0 Å². The third-order valence-corrected chi connectivity index (χ3v) is 2.61. The zero-order valence-corrected chi connectivity index (χ0v) is 8.42. The van der Waals surface area contributed by atoms with Crippen LogP contribution in [0.15, 0.2) is 18.2 Å². The minimum atomic E-state index is -0.431. The lowest BCUT2D eigenvalue weighted by molar-refractivity contribution is -0.141. The summed E-state index contributed by atoms with van der Waals surface area (Å²) < 4.78 is 18.0. The number of ether oxygens (including phenoxy) is 1. The molecular weight excluding hydrogens is 197 g/mol. The molecule has 15 heavy (non-hydrogen) atoms. The van der Waals surface area contributed by atoms with Gasteiger partial charge in [0.25, 0.3) is 0 Å². The van der Waals surface area contributed by atoms with Crippen LogP contribution >= 0.6 is 0 Å². The van der Waals surface area contributed by atoms with Gasteiger partial charge in [0.15, 0.2) is 0 Å². The molecule has 0 aromatic heterocycles. The van der Waals surface area contributed by atoms with Crippen molar-refractivity contribution < 1.29 is 13.9 Å². The second-order valence-electron chi connectivity index (χ2n) is 3.53. The molecule has 0 fully saturated rings. The Morgan fingerprint density at radius 3 is 3.13 bits per heavy atom. The molecule has 0 bridgehead atoms. The SMILES string of the molecule is COC(=O)C1CCc2cccc(F)c2N1. The van der Waals surface area contributed by atoms with Gasteiger partial charge in [-0.2, -0.15) is 0 Å². The Balaban J connectivity index is 2.26. The molecule has 1 aromatic rings. The molecule has 2 rings (SSSR count). The number of halogens is 1. The number of fused-ring (bicyclic) bond motifs is 1. The highest BCUT2D eigenvalue weighted by Gasteiger charge is 2.25. The number of aryl methyl sites for hydroxylation is 1. The number of anilines is 1. The molecule has 1 N–H and O–H groups in total. The second-order valence-corrected chi connectivity index (χ2v) is 3.53. The molecule has 80 valence electrons. The largest absolute Gasteiger partial charge is 0.467 e. The summed E-state index contributed by atoms with van der Waals surface area (Å²) in [7, 11) is 1.33. The van der Waals surface area contributed by atoms with Crippen molar-refractivity contribution in [2.45, 2.75) is 18.9 Å². The summed E-state index contributed by atoms with van der Waals surface area (Å²) in [6.45, 7) is 0. The number of methoxy groups -OCH3 is 1. The number of hydrogen-bond acceptors (Lipinski definition) is 3. The van der Waals surface area contributed by atoms with E-state index in [9.17, 15) is 9.18 Å². The number of carbonyl (C=O) groups is 1. The summed E-state index contributed by atoms with van der Waals surface area (Å²) in [4.78, 5) is 11.3. The topological polar surface area (TPSA) is 38.3 Å². The van der Waals surface area contributed by atoms with E-state index in [0.717, 1.165) is 5.56 Å². The quantitative estimate of drug-likeness (QED) is 0.716. The lowest BCUT2D eigenvalue weighted by Gasteiger charge is -2.25. The van der Waals surface area contributed by atoms with Crippen molar-refractivity contribution >= 4 is 11.7 Å². The minimum absolute atomic E-state index is 0.318. The first-order valence-corrected chi connectivity index (χ1v) is 4.84. The van der Waals surface area contributed by atoms with Crippen LogP contribution in [-0.4, -0.2) is 19.1 Å². The Kier molecular flexibility index (Phi) is 2.58. The van der Waals surface area contributed by atoms with Crippen molar-refractivity contribution in [2.24, 2.45) is 0 Å². The van der Waals surface area contributed by atoms with Crippen LogP contribution in [0.1, 0.15) is 12.0 Å². The van der Waals surface area contributed by atoms with Crippen LogP contribution in [0, 0.1) is 5.82 Å². The number of carbonyl (C=O) groups excluding carboxylic acids is 1. The third kappa shape index (κ3) is 1.79. The van der Waals surface area contributed by atoms with Crippen LogP contribution in [0.25, 0.3) is 0 Å². The van der Waals surface area contributed by atoms with E-state index < -0.39 is 6.04 Å². The van der Waals surface area contributed by atoms with E-state index in [2.05, 4.69) is 10.1 Å². The van der Waals surface area contributed by atoms with Crippen LogP contribution in [0.5, 0.6) is 0 Å². The second kappa shape index (κ2) is 3.88. The lowest BCUT2D eigenvalue weighted by atomic mass is 9.98. The van der Waals surface area contributed by atoms with Crippen LogP contribution in [0.3, 0.4) is 0 Å². The third-order valence-electron chi connectivity index (χ3n) is 2.61. The van der Waals surface area contributed by atoms with Crippen molar-refractivity contribution in [3.8, 4) is 0 Å². The summed E-state index contributed by atoms with van der Waals surface area (Å²) in [6.07, 6.45) is 1.34. The van der Waals surface area contributed by atoms with Gasteiger partial charge in [-0.3, -0.25) is 0 Å². The summed E-state index contributed by atoms with van der Waals surface area (Å²) in [5.41, 5.74) is 1.34. The first-order chi connectivity index (χ1) is 7.22. The van der Waals surface area contributed by atoms with Crippen LogP contribution in [0.4, 0.5) is 10.1 Å². The van der Waals surface area contributed by atoms with Crippen LogP contribution in [0.2, 0.25) is 0 Å². The lowest BCUT2D eigenvalue weighted by Crippen LogP contribution is -2.34. The molecule has 1 atom stereocenters. The van der Waals surface area contributed by atoms with Gasteiger partial charge in [-0.1, -0.05) is 12.1 Å². The Hall–Kier alpha value is -1.58. The van der Waals surface area contributed by atoms with Gasteiger partial charge in [0.2, 0.25) is 0 Å². The first-order valence-electron chi connectivity index (χ1n) is 4.84. The zero-order chi connectivity index (χ0) is 10.8. The molecular formula is C11H12FNO2. The molecule has 0 amide bonds. The normalized spacial score (nSPS) is 18.9. The fraction of sp³-hybridized carbons (Fsp3) is 0.364. The number of hydrogen-bond donors (Lipinski definition) is 1. The monoisotopic (exact) mass is 209 g/mol. The summed E-state index contributed by atoms with van der Waals surface area (Å²) in [5.74, 6) is -0.662. The average Bonchev–Trinajstić information content (AvgIpc) is 2.28. The molecule has 1 aliphatic heterocycles. The molecule has 0 aliphatic carbocycles. The summed E-state index contributed by atoms with van der Waals surface area (Å²) in [6, 6.07) is 4.48. The van der Waals surface area contributed by atoms with E-state index in [0.29, 0.717) is 18.5 Å². The van der Waals surface area contributed by atoms with E-state index >= 15 is 0 Å². The molecule has 1 unspecified atom stereocenters. The van der Waals surface area contributed by atoms with E-state index in [1.165, 1.54) is 13.2 Å². The molecule has 4 heteroatoms. The van der Waals surface area contributed by atoms with Crippen LogP contribution in [-0.2, 0) is 16.0 Å². The molecule has 0 saturated heterocycles. The number of rotatable bonds is 1. The van der Waals surface area contributed by atoms with E-state index in [1.807, 2.05) is 6.07 Å². The molecule has 0 spiro atoms. The maximum Gasteiger partial charge on any atom is 0.328 e. The Morgan fingerprint density at radius 2 is 2.40 bits per heavy atom. The van der Waals surface area contributed by atoms with Crippen molar-refractivity contribution in [1.82, 2.24) is 0 Å². The predicted molar refractivity (Wildman–Crippen MR) is 54.1 cm³/mol. The van der Waals surface area contributed by atoms with Gasteiger partial charge in [0, 0.05) is 0 Å². The fourth-order valence-electron chi connectivity index (χ4n) is 1.80. The highest BCUT2D eigenvalue weighted by molar-refractivity contribution is 5.80. The summed E-state index contributed by atoms with van der Waals surface area (Å²) in [5, 5.41) is 2.87. The van der Waals surface area contributed by atoms with E-state index in [4.69, 9.17) is 0 Å². The Labute approximate surface area is 87.2 Å². The predicted octanol–water partition coefficient (Wildman–Crippen LogP) is 1.73. The molecule has 0 radical (unpaired) electrons. The summed E-state index contributed by atoms with van der Waals surface area (Å²) >= 11 is 0. The number of para-hydroxylation sites is 1. The van der Waals surface area contributed by atoms with Crippen molar-refractivity contribution in [3.05, 3.63) is 29.6 Å². The molecule has 3 nitrogen and oxygen atoms in total. The Bertz CT molecular complexity index is 392. The number of nitrogens with one attached hydrogen (secondary N) is 1.